The Hall–Kier alpha value is -1.65. The van der Waals surface area contributed by atoms with Crippen LogP contribution in [0, 0.1) is 0 Å². The summed E-state index contributed by atoms with van der Waals surface area (Å²) in [5, 5.41) is 23.2. The van der Waals surface area contributed by atoms with Gasteiger partial charge >= 0.3 is 0 Å². The summed E-state index contributed by atoms with van der Waals surface area (Å²) in [6.45, 7) is 4.34. The number of nitrogens with one attached hydrogen (secondary N) is 1. The molecular formula is C71H135NO3. The monoisotopic (exact) mass is 1050 g/mol. The lowest BCUT2D eigenvalue weighted by Gasteiger charge is -2.19. The molecule has 0 spiro atoms. The van der Waals surface area contributed by atoms with Crippen LogP contribution in [0.25, 0.3) is 0 Å². The zero-order valence-corrected chi connectivity index (χ0v) is 51.1. The first kappa shape index (κ1) is 73.3. The normalized spacial score (nSPS) is 13.0. The van der Waals surface area contributed by atoms with Crippen LogP contribution in [0.4, 0.5) is 0 Å². The Kier molecular flexibility index (Phi) is 65.2. The van der Waals surface area contributed by atoms with Gasteiger partial charge in [0.25, 0.3) is 0 Å². The second kappa shape index (κ2) is 66.6. The minimum absolute atomic E-state index is 0.0708. The van der Waals surface area contributed by atoms with Crippen LogP contribution in [0.5, 0.6) is 0 Å². The van der Waals surface area contributed by atoms with E-state index < -0.39 is 12.1 Å². The van der Waals surface area contributed by atoms with Gasteiger partial charge in [-0.3, -0.25) is 4.79 Å². The summed E-state index contributed by atoms with van der Waals surface area (Å²) in [7, 11) is 0. The molecule has 2 atom stereocenters. The van der Waals surface area contributed by atoms with E-state index in [1.54, 1.807) is 6.08 Å². The Balaban J connectivity index is 3.46. The largest absolute Gasteiger partial charge is 0.394 e. The topological polar surface area (TPSA) is 69.6 Å². The Morgan fingerprint density at radius 2 is 0.520 bits per heavy atom. The number of aliphatic hydroxyl groups is 2. The maximum Gasteiger partial charge on any atom is 0.220 e. The predicted molar refractivity (Wildman–Crippen MR) is 336 cm³/mol. The molecular weight excluding hydrogens is 915 g/mol. The van der Waals surface area contributed by atoms with Crippen LogP contribution in [0.2, 0.25) is 0 Å². The van der Waals surface area contributed by atoms with Gasteiger partial charge in [0.05, 0.1) is 18.8 Å². The van der Waals surface area contributed by atoms with Crippen molar-refractivity contribution in [3.05, 3.63) is 48.6 Å². The summed E-state index contributed by atoms with van der Waals surface area (Å²) in [5.41, 5.74) is 0. The molecule has 75 heavy (non-hydrogen) atoms. The number of allylic oxidation sites excluding steroid dienone is 7. The van der Waals surface area contributed by atoms with Crippen molar-refractivity contribution in [1.82, 2.24) is 5.32 Å². The average molecular weight is 1050 g/mol. The molecule has 442 valence electrons. The summed E-state index contributed by atoms with van der Waals surface area (Å²) >= 11 is 0. The van der Waals surface area contributed by atoms with Gasteiger partial charge in [0.15, 0.2) is 0 Å². The van der Waals surface area contributed by atoms with Crippen molar-refractivity contribution in [3.63, 3.8) is 0 Å². The number of carbonyl (C=O) groups excluding carboxylic acids is 1. The molecule has 0 aliphatic heterocycles. The minimum atomic E-state index is -0.871. The molecule has 0 aromatic rings. The Bertz CT molecular complexity index is 1190. The molecule has 3 N–H and O–H groups in total. The first-order valence-electron chi connectivity index (χ1n) is 34.4. The summed E-state index contributed by atoms with van der Waals surface area (Å²) in [6.07, 6.45) is 93.4. The smallest absolute Gasteiger partial charge is 0.220 e. The molecule has 0 radical (unpaired) electrons. The van der Waals surface area contributed by atoms with E-state index in [-0.39, 0.29) is 12.5 Å². The van der Waals surface area contributed by atoms with E-state index in [4.69, 9.17) is 0 Å². The van der Waals surface area contributed by atoms with Crippen LogP contribution in [0.1, 0.15) is 380 Å². The van der Waals surface area contributed by atoms with E-state index in [0.29, 0.717) is 6.42 Å². The highest BCUT2D eigenvalue weighted by Gasteiger charge is 2.18. The van der Waals surface area contributed by atoms with Gasteiger partial charge in [0, 0.05) is 6.42 Å². The third-order valence-electron chi connectivity index (χ3n) is 16.0. The minimum Gasteiger partial charge on any atom is -0.394 e. The molecule has 2 unspecified atom stereocenters. The molecule has 0 fully saturated rings. The van der Waals surface area contributed by atoms with Gasteiger partial charge in [0.2, 0.25) is 5.91 Å². The number of aliphatic hydroxyl groups excluding tert-OH is 2. The van der Waals surface area contributed by atoms with Crippen LogP contribution < -0.4 is 5.32 Å². The average Bonchev–Trinajstić information content (AvgIpc) is 3.41. The predicted octanol–water partition coefficient (Wildman–Crippen LogP) is 23.3. The summed E-state index contributed by atoms with van der Waals surface area (Å²) < 4.78 is 0. The zero-order chi connectivity index (χ0) is 54.1. The van der Waals surface area contributed by atoms with Crippen molar-refractivity contribution in [2.75, 3.05) is 6.61 Å². The van der Waals surface area contributed by atoms with Gasteiger partial charge in [0.1, 0.15) is 0 Å². The molecule has 0 heterocycles. The summed E-state index contributed by atoms with van der Waals surface area (Å²) in [5.74, 6) is -0.0708. The maximum atomic E-state index is 12.5. The molecule has 1 amide bonds. The van der Waals surface area contributed by atoms with E-state index in [1.807, 2.05) is 6.08 Å². The van der Waals surface area contributed by atoms with Gasteiger partial charge in [-0.05, 0) is 70.6 Å². The molecule has 0 aromatic carbocycles. The number of hydrogen-bond acceptors (Lipinski definition) is 3. The lowest BCUT2D eigenvalue weighted by atomic mass is 10.0. The zero-order valence-electron chi connectivity index (χ0n) is 51.1. The number of unbranched alkanes of at least 4 members (excludes halogenated alkanes) is 51. The molecule has 4 heteroatoms. The Morgan fingerprint density at radius 1 is 0.307 bits per heavy atom. The highest BCUT2D eigenvalue weighted by Crippen LogP contribution is 2.18. The van der Waals surface area contributed by atoms with E-state index in [2.05, 4.69) is 55.6 Å². The van der Waals surface area contributed by atoms with Crippen LogP contribution in [0.15, 0.2) is 48.6 Å². The van der Waals surface area contributed by atoms with Gasteiger partial charge in [-0.25, -0.2) is 0 Å². The maximum absolute atomic E-state index is 12.5. The third kappa shape index (κ3) is 63.1. The first-order chi connectivity index (χ1) is 37.2. The molecule has 0 rings (SSSR count). The van der Waals surface area contributed by atoms with E-state index in [1.165, 1.54) is 321 Å². The van der Waals surface area contributed by atoms with Crippen molar-refractivity contribution in [1.29, 1.82) is 0 Å². The molecule has 0 aromatic heterocycles. The third-order valence-corrected chi connectivity index (χ3v) is 16.0. The highest BCUT2D eigenvalue weighted by atomic mass is 16.3. The quantitative estimate of drug-likeness (QED) is 0.0420. The number of carbonyl (C=O) groups is 1. The van der Waals surface area contributed by atoms with Crippen molar-refractivity contribution in [2.45, 2.75) is 392 Å². The second-order valence-electron chi connectivity index (χ2n) is 23.6. The SMILES string of the molecule is CCCCCCCCCC/C=C\CCCCCCCCCCCCCCCCCCCCCCCCCC(=O)NC(CO)C(O)/C=C/CC/C=C/CC/C=C/CCCCCCCCCCCCCCCCCCCC. The fraction of sp³-hybridized carbons (Fsp3) is 0.873. The van der Waals surface area contributed by atoms with Crippen molar-refractivity contribution in [3.8, 4) is 0 Å². The second-order valence-corrected chi connectivity index (χ2v) is 23.6. The fourth-order valence-electron chi connectivity index (χ4n) is 10.8. The lowest BCUT2D eigenvalue weighted by molar-refractivity contribution is -0.123. The van der Waals surface area contributed by atoms with Gasteiger partial charge in [-0.2, -0.15) is 0 Å². The van der Waals surface area contributed by atoms with Crippen molar-refractivity contribution in [2.24, 2.45) is 0 Å². The van der Waals surface area contributed by atoms with Crippen molar-refractivity contribution < 1.29 is 15.0 Å². The van der Waals surface area contributed by atoms with E-state index in [9.17, 15) is 15.0 Å². The Labute approximate surface area is 471 Å². The lowest BCUT2D eigenvalue weighted by Crippen LogP contribution is -2.45. The van der Waals surface area contributed by atoms with E-state index >= 15 is 0 Å². The molecule has 0 bridgehead atoms. The number of rotatable bonds is 64. The summed E-state index contributed by atoms with van der Waals surface area (Å²) in [4.78, 5) is 12.5. The molecule has 0 aliphatic rings. The molecule has 0 saturated heterocycles. The van der Waals surface area contributed by atoms with Crippen LogP contribution in [0.3, 0.4) is 0 Å². The van der Waals surface area contributed by atoms with Crippen LogP contribution >= 0.6 is 0 Å². The standard InChI is InChI=1S/C71H135NO3/c1-3-5-7-9-11-13-15-17-19-21-23-25-27-29-31-33-34-35-36-37-38-39-41-43-45-47-49-51-53-55-57-59-61-63-65-67-71(75)72-69(68-73)70(74)66-64-62-60-58-56-54-52-50-48-46-44-42-40-32-30-28-26-24-22-20-18-16-14-12-10-8-6-4-2/h21,23,48,50,56,58,64,66,69-70,73-74H,3-20,22,24-47,49,51-55,57,59-63,65,67-68H2,1-2H3,(H,72,75)/b23-21-,50-48+,58-56+,66-64+. The highest BCUT2D eigenvalue weighted by molar-refractivity contribution is 5.76. The van der Waals surface area contributed by atoms with Crippen molar-refractivity contribution >= 4 is 5.91 Å². The van der Waals surface area contributed by atoms with Gasteiger partial charge in [-0.15, -0.1) is 0 Å². The molecule has 0 saturated carbocycles. The van der Waals surface area contributed by atoms with Gasteiger partial charge < -0.3 is 15.5 Å². The summed E-state index contributed by atoms with van der Waals surface area (Å²) in [6, 6.07) is -0.647. The van der Waals surface area contributed by atoms with Gasteiger partial charge in [-0.1, -0.05) is 351 Å². The fourth-order valence-corrected chi connectivity index (χ4v) is 10.8. The Morgan fingerprint density at radius 3 is 0.773 bits per heavy atom. The van der Waals surface area contributed by atoms with E-state index in [0.717, 1.165) is 38.5 Å². The van der Waals surface area contributed by atoms with Crippen LogP contribution in [-0.2, 0) is 4.79 Å². The number of amides is 1. The molecule has 4 nitrogen and oxygen atoms in total. The van der Waals surface area contributed by atoms with Crippen LogP contribution in [-0.4, -0.2) is 34.9 Å². The first-order valence-corrected chi connectivity index (χ1v) is 34.4. The number of hydrogen-bond donors (Lipinski definition) is 3. The molecule has 0 aliphatic carbocycles.